The highest BCUT2D eigenvalue weighted by molar-refractivity contribution is 8.01. The molecule has 0 unspecified atom stereocenters. The van der Waals surface area contributed by atoms with E-state index in [9.17, 15) is 14.4 Å². The van der Waals surface area contributed by atoms with Gasteiger partial charge in [0.05, 0.1) is 35.0 Å². The lowest BCUT2D eigenvalue weighted by atomic mass is 10.0. The lowest BCUT2D eigenvalue weighted by Crippen LogP contribution is -2.32. The standard InChI is InChI=1S/C28H27ClN4O4S2/c1-3-37-27(36)32-23(18-7-5-4-6-8-18)15-25(34)30-20-11-12-21-24(14-20)39-28(33-21)38-16-26(35)31-22-13-19(29)10-9-17(22)2/h4-14,23H,3,15-16H2,1-2H3,(H,30,34)(H,31,35)(H,32,36)/t23-/m1/s1. The van der Waals surface area contributed by atoms with Crippen LogP contribution in [0.1, 0.15) is 30.5 Å². The van der Waals surface area contributed by atoms with Crippen molar-refractivity contribution in [3.05, 3.63) is 82.9 Å². The molecule has 11 heteroatoms. The number of hydrogen-bond acceptors (Lipinski definition) is 7. The molecule has 202 valence electrons. The van der Waals surface area contributed by atoms with Gasteiger partial charge in [-0.05, 0) is 55.3 Å². The first-order valence-corrected chi connectivity index (χ1v) is 14.4. The molecule has 0 aliphatic rings. The first kappa shape index (κ1) is 28.4. The molecule has 3 N–H and O–H groups in total. The fraction of sp³-hybridized carbons (Fsp3) is 0.214. The summed E-state index contributed by atoms with van der Waals surface area (Å²) in [6.45, 7) is 3.86. The molecule has 0 aliphatic heterocycles. The Kier molecular flexibility index (Phi) is 9.80. The number of hydrogen-bond donors (Lipinski definition) is 3. The van der Waals surface area contributed by atoms with Crippen LogP contribution in [-0.2, 0) is 14.3 Å². The van der Waals surface area contributed by atoms with E-state index in [-0.39, 0.29) is 30.6 Å². The minimum Gasteiger partial charge on any atom is -0.450 e. The fourth-order valence-electron chi connectivity index (χ4n) is 3.74. The molecule has 0 spiro atoms. The predicted molar refractivity (Wildman–Crippen MR) is 158 cm³/mol. The molecule has 4 aromatic rings. The SMILES string of the molecule is CCOC(=O)N[C@H](CC(=O)Nc1ccc2nc(SCC(=O)Nc3cc(Cl)ccc3C)sc2c1)c1ccccc1. The summed E-state index contributed by atoms with van der Waals surface area (Å²) in [7, 11) is 0. The van der Waals surface area contributed by atoms with Crippen molar-refractivity contribution in [2.45, 2.75) is 30.6 Å². The van der Waals surface area contributed by atoms with Gasteiger partial charge in [0, 0.05) is 16.4 Å². The lowest BCUT2D eigenvalue weighted by Gasteiger charge is -2.18. The number of nitrogens with one attached hydrogen (secondary N) is 3. The van der Waals surface area contributed by atoms with Crippen molar-refractivity contribution >= 4 is 74.2 Å². The molecule has 0 saturated carbocycles. The Labute approximate surface area is 239 Å². The molecule has 3 aromatic carbocycles. The molecule has 0 fully saturated rings. The molecule has 4 rings (SSSR count). The summed E-state index contributed by atoms with van der Waals surface area (Å²) in [6, 6.07) is 19.5. The summed E-state index contributed by atoms with van der Waals surface area (Å²) < 4.78 is 6.62. The average Bonchev–Trinajstić information content (AvgIpc) is 3.32. The number of alkyl carbamates (subject to hydrolysis) is 1. The van der Waals surface area contributed by atoms with Gasteiger partial charge < -0.3 is 20.7 Å². The quantitative estimate of drug-likeness (QED) is 0.177. The minimum absolute atomic E-state index is 0.0336. The van der Waals surface area contributed by atoms with Gasteiger partial charge in [-0.15, -0.1) is 11.3 Å². The van der Waals surface area contributed by atoms with E-state index in [0.717, 1.165) is 25.7 Å². The lowest BCUT2D eigenvalue weighted by molar-refractivity contribution is -0.116. The molecule has 1 aromatic heterocycles. The van der Waals surface area contributed by atoms with Gasteiger partial charge >= 0.3 is 6.09 Å². The molecular weight excluding hydrogens is 556 g/mol. The maximum atomic E-state index is 12.9. The van der Waals surface area contributed by atoms with Crippen LogP contribution in [0.4, 0.5) is 16.2 Å². The van der Waals surface area contributed by atoms with Gasteiger partial charge in [0.2, 0.25) is 11.8 Å². The number of aryl methyl sites for hydroxylation is 1. The normalized spacial score (nSPS) is 11.6. The number of thioether (sulfide) groups is 1. The van der Waals surface area contributed by atoms with E-state index in [0.29, 0.717) is 16.4 Å². The van der Waals surface area contributed by atoms with Crippen molar-refractivity contribution in [2.24, 2.45) is 0 Å². The van der Waals surface area contributed by atoms with Crippen LogP contribution in [0.15, 0.2) is 71.1 Å². The average molecular weight is 583 g/mol. The monoisotopic (exact) mass is 582 g/mol. The van der Waals surface area contributed by atoms with E-state index in [1.54, 1.807) is 25.1 Å². The maximum absolute atomic E-state index is 12.9. The Morgan fingerprint density at radius 3 is 2.59 bits per heavy atom. The Hall–Kier alpha value is -3.60. The number of anilines is 2. The van der Waals surface area contributed by atoms with E-state index in [1.807, 2.05) is 55.5 Å². The topological polar surface area (TPSA) is 109 Å². The van der Waals surface area contributed by atoms with Crippen LogP contribution in [0, 0.1) is 6.92 Å². The zero-order chi connectivity index (χ0) is 27.8. The number of thiazole rings is 1. The predicted octanol–water partition coefficient (Wildman–Crippen LogP) is 6.80. The number of nitrogens with zero attached hydrogens (tertiary/aromatic N) is 1. The minimum atomic E-state index is -0.577. The molecule has 1 heterocycles. The number of aromatic nitrogens is 1. The van der Waals surface area contributed by atoms with Crippen molar-refractivity contribution in [3.8, 4) is 0 Å². The first-order valence-electron chi connectivity index (χ1n) is 12.2. The molecule has 0 aliphatic carbocycles. The number of benzene rings is 3. The number of carbonyl (C=O) groups excluding carboxylic acids is 3. The molecule has 0 bridgehead atoms. The summed E-state index contributed by atoms with van der Waals surface area (Å²) in [5.74, 6) is -0.210. The van der Waals surface area contributed by atoms with Crippen LogP contribution in [0.5, 0.6) is 0 Å². The van der Waals surface area contributed by atoms with Crippen LogP contribution >= 0.6 is 34.7 Å². The largest absolute Gasteiger partial charge is 0.450 e. The zero-order valence-corrected chi connectivity index (χ0v) is 23.7. The van der Waals surface area contributed by atoms with E-state index >= 15 is 0 Å². The summed E-state index contributed by atoms with van der Waals surface area (Å²) in [5, 5.41) is 9.10. The summed E-state index contributed by atoms with van der Waals surface area (Å²) in [4.78, 5) is 41.9. The Balaban J connectivity index is 1.36. The Morgan fingerprint density at radius 1 is 1.03 bits per heavy atom. The van der Waals surface area contributed by atoms with Crippen LogP contribution in [0.2, 0.25) is 5.02 Å². The van der Waals surface area contributed by atoms with Crippen molar-refractivity contribution in [1.29, 1.82) is 0 Å². The first-order chi connectivity index (χ1) is 18.8. The highest BCUT2D eigenvalue weighted by Gasteiger charge is 2.19. The Morgan fingerprint density at radius 2 is 1.82 bits per heavy atom. The van der Waals surface area contributed by atoms with E-state index in [1.165, 1.54) is 23.1 Å². The van der Waals surface area contributed by atoms with Gasteiger partial charge in [-0.1, -0.05) is 59.8 Å². The molecule has 0 radical (unpaired) electrons. The number of fused-ring (bicyclic) bond motifs is 1. The van der Waals surface area contributed by atoms with Gasteiger partial charge in [0.1, 0.15) is 0 Å². The third-order valence-corrected chi connectivity index (χ3v) is 8.01. The fourth-order valence-corrected chi connectivity index (χ4v) is 5.82. The third-order valence-electron chi connectivity index (χ3n) is 5.61. The van der Waals surface area contributed by atoms with Gasteiger partial charge in [-0.3, -0.25) is 9.59 Å². The molecule has 39 heavy (non-hydrogen) atoms. The van der Waals surface area contributed by atoms with E-state index in [2.05, 4.69) is 20.9 Å². The van der Waals surface area contributed by atoms with Gasteiger partial charge in [0.15, 0.2) is 4.34 Å². The van der Waals surface area contributed by atoms with Crippen molar-refractivity contribution in [3.63, 3.8) is 0 Å². The molecule has 3 amide bonds. The number of carbonyl (C=O) groups is 3. The van der Waals surface area contributed by atoms with Crippen LogP contribution in [0.25, 0.3) is 10.2 Å². The smallest absolute Gasteiger partial charge is 0.407 e. The molecule has 1 atom stereocenters. The van der Waals surface area contributed by atoms with Crippen LogP contribution in [-0.4, -0.2) is 35.3 Å². The van der Waals surface area contributed by atoms with E-state index in [4.69, 9.17) is 16.3 Å². The third kappa shape index (κ3) is 8.19. The van der Waals surface area contributed by atoms with Gasteiger partial charge in [-0.2, -0.15) is 0 Å². The number of rotatable bonds is 10. The molecule has 0 saturated heterocycles. The van der Waals surface area contributed by atoms with Gasteiger partial charge in [0.25, 0.3) is 0 Å². The number of ether oxygens (including phenoxy) is 1. The highest BCUT2D eigenvalue weighted by Crippen LogP contribution is 2.32. The van der Waals surface area contributed by atoms with Gasteiger partial charge in [-0.25, -0.2) is 9.78 Å². The summed E-state index contributed by atoms with van der Waals surface area (Å²) in [5.41, 5.74) is 3.81. The van der Waals surface area contributed by atoms with Crippen molar-refractivity contribution in [1.82, 2.24) is 10.3 Å². The zero-order valence-electron chi connectivity index (χ0n) is 21.3. The van der Waals surface area contributed by atoms with Crippen LogP contribution < -0.4 is 16.0 Å². The summed E-state index contributed by atoms with van der Waals surface area (Å²) in [6.07, 6.45) is -0.544. The second kappa shape index (κ2) is 13.5. The number of amides is 3. The number of halogens is 1. The Bertz CT molecular complexity index is 1480. The second-order valence-electron chi connectivity index (χ2n) is 8.54. The van der Waals surface area contributed by atoms with Crippen molar-refractivity contribution < 1.29 is 19.1 Å². The highest BCUT2D eigenvalue weighted by atomic mass is 35.5. The van der Waals surface area contributed by atoms with Crippen molar-refractivity contribution in [2.75, 3.05) is 23.0 Å². The summed E-state index contributed by atoms with van der Waals surface area (Å²) >= 11 is 8.82. The second-order valence-corrected chi connectivity index (χ2v) is 11.2. The van der Waals surface area contributed by atoms with E-state index < -0.39 is 12.1 Å². The maximum Gasteiger partial charge on any atom is 0.407 e. The molecular formula is C28H27ClN4O4S2. The van der Waals surface area contributed by atoms with Crippen LogP contribution in [0.3, 0.4) is 0 Å². The molecule has 8 nitrogen and oxygen atoms in total.